The highest BCUT2D eigenvalue weighted by atomic mass is 79.9. The van der Waals surface area contributed by atoms with Crippen molar-refractivity contribution >= 4 is 50.2 Å². The van der Waals surface area contributed by atoms with Crippen LogP contribution in [0.15, 0.2) is 71.2 Å². The summed E-state index contributed by atoms with van der Waals surface area (Å²) >= 11 is 4.66. The van der Waals surface area contributed by atoms with Crippen LogP contribution in [0.3, 0.4) is 0 Å². The molecule has 1 amide bonds. The number of carbonyl (C=O) groups is 2. The Balaban J connectivity index is 1.89. The molecule has 0 atom stereocenters. The number of rotatable bonds is 6. The molecule has 0 aliphatic heterocycles. The summed E-state index contributed by atoms with van der Waals surface area (Å²) in [5, 5.41) is 3.28. The van der Waals surface area contributed by atoms with Crippen molar-refractivity contribution in [3.8, 4) is 10.4 Å². The predicted octanol–water partition coefficient (Wildman–Crippen LogP) is 5.97. The van der Waals surface area contributed by atoms with Crippen molar-refractivity contribution in [2.24, 2.45) is 0 Å². The Morgan fingerprint density at radius 1 is 1.07 bits per heavy atom. The second-order valence-electron chi connectivity index (χ2n) is 5.80. The van der Waals surface area contributed by atoms with Crippen molar-refractivity contribution in [3.05, 3.63) is 82.3 Å². The van der Waals surface area contributed by atoms with Crippen LogP contribution in [-0.2, 0) is 9.53 Å². The molecule has 0 saturated carbocycles. The Bertz CT molecular complexity index is 997. The van der Waals surface area contributed by atoms with E-state index in [0.29, 0.717) is 15.0 Å². The van der Waals surface area contributed by atoms with Gasteiger partial charge in [0.2, 0.25) is 0 Å². The Hall–Kier alpha value is -2.70. The van der Waals surface area contributed by atoms with Crippen molar-refractivity contribution in [1.29, 1.82) is 0 Å². The first kappa shape index (κ1) is 20.0. The Morgan fingerprint density at radius 2 is 1.71 bits per heavy atom. The first-order valence-electron chi connectivity index (χ1n) is 8.68. The fourth-order valence-corrected chi connectivity index (χ4v) is 3.92. The molecule has 142 valence electrons. The van der Waals surface area contributed by atoms with Gasteiger partial charge in [0.15, 0.2) is 0 Å². The van der Waals surface area contributed by atoms with E-state index < -0.39 is 5.97 Å². The second-order valence-corrected chi connectivity index (χ2v) is 7.70. The molecule has 0 fully saturated rings. The number of hydrogen-bond acceptors (Lipinski definition) is 4. The lowest BCUT2D eigenvalue weighted by Crippen LogP contribution is -2.13. The fourth-order valence-electron chi connectivity index (χ4n) is 2.51. The van der Waals surface area contributed by atoms with E-state index in [-0.39, 0.29) is 12.5 Å². The number of anilines is 1. The van der Waals surface area contributed by atoms with E-state index in [4.69, 9.17) is 4.74 Å². The zero-order valence-electron chi connectivity index (χ0n) is 15.1. The summed E-state index contributed by atoms with van der Waals surface area (Å²) in [5.74, 6) is -0.796. The number of hydrogen-bond donors (Lipinski definition) is 1. The maximum atomic E-state index is 12.6. The van der Waals surface area contributed by atoms with Crippen LogP contribution in [0.5, 0.6) is 0 Å². The van der Waals surface area contributed by atoms with Gasteiger partial charge in [0.25, 0.3) is 5.91 Å². The molecule has 2 aromatic carbocycles. The van der Waals surface area contributed by atoms with Gasteiger partial charge in [-0.3, -0.25) is 4.79 Å². The summed E-state index contributed by atoms with van der Waals surface area (Å²) in [6.07, 6.45) is 1.73. The molecule has 0 bridgehead atoms. The van der Waals surface area contributed by atoms with E-state index in [1.165, 1.54) is 11.3 Å². The van der Waals surface area contributed by atoms with E-state index in [9.17, 15) is 9.59 Å². The van der Waals surface area contributed by atoms with Crippen LogP contribution in [-0.4, -0.2) is 18.5 Å². The van der Waals surface area contributed by atoms with Gasteiger partial charge < -0.3 is 10.1 Å². The number of nitrogens with one attached hydrogen (secondary N) is 1. The molecule has 3 rings (SSSR count). The lowest BCUT2D eigenvalue weighted by Gasteiger charge is -2.05. The number of thiophene rings is 1. The summed E-state index contributed by atoms with van der Waals surface area (Å²) in [6.45, 7) is 2.01. The topological polar surface area (TPSA) is 55.4 Å². The molecule has 0 aliphatic carbocycles. The summed E-state index contributed by atoms with van der Waals surface area (Å²) in [6, 6.07) is 21.0. The lowest BCUT2D eigenvalue weighted by atomic mass is 10.1. The van der Waals surface area contributed by atoms with Crippen molar-refractivity contribution in [3.63, 3.8) is 0 Å². The smallest absolute Gasteiger partial charge is 0.341 e. The monoisotopic (exact) mass is 455 g/mol. The van der Waals surface area contributed by atoms with Crippen LogP contribution in [0.1, 0.15) is 22.8 Å². The molecule has 1 heterocycles. The number of ether oxygens (including phenoxy) is 1. The molecular formula is C22H18BrNO3S. The van der Waals surface area contributed by atoms with Gasteiger partial charge in [-0.1, -0.05) is 60.7 Å². The van der Waals surface area contributed by atoms with Gasteiger partial charge in [-0.05, 0) is 46.1 Å². The SMILES string of the molecule is CCOC(=O)c1cc(-c2ccccc2)sc1NC(=O)/C(Br)=C/c1ccccc1. The Morgan fingerprint density at radius 3 is 2.36 bits per heavy atom. The van der Waals surface area contributed by atoms with Crippen molar-refractivity contribution in [2.45, 2.75) is 6.92 Å². The van der Waals surface area contributed by atoms with E-state index in [1.807, 2.05) is 60.7 Å². The van der Waals surface area contributed by atoms with Crippen molar-refractivity contribution in [2.75, 3.05) is 11.9 Å². The first-order chi connectivity index (χ1) is 13.6. The molecular weight excluding hydrogens is 438 g/mol. The standard InChI is InChI=1S/C22H18BrNO3S/c1-2-27-22(26)17-14-19(16-11-7-4-8-12-16)28-21(17)24-20(25)18(23)13-15-9-5-3-6-10-15/h3-14H,2H2,1H3,(H,24,25)/b18-13-. The minimum Gasteiger partial charge on any atom is -0.462 e. The molecule has 6 heteroatoms. The average Bonchev–Trinajstić information content (AvgIpc) is 3.13. The zero-order chi connectivity index (χ0) is 19.9. The van der Waals surface area contributed by atoms with Gasteiger partial charge in [-0.2, -0.15) is 0 Å². The van der Waals surface area contributed by atoms with Crippen LogP contribution < -0.4 is 5.32 Å². The minimum absolute atomic E-state index is 0.264. The normalized spacial score (nSPS) is 11.1. The molecule has 0 saturated heterocycles. The molecule has 1 N–H and O–H groups in total. The number of esters is 1. The van der Waals surface area contributed by atoms with Crippen LogP contribution >= 0.6 is 27.3 Å². The summed E-state index contributed by atoms with van der Waals surface area (Å²) in [7, 11) is 0. The van der Waals surface area contributed by atoms with Gasteiger partial charge in [0.1, 0.15) is 5.00 Å². The van der Waals surface area contributed by atoms with Crippen LogP contribution in [0.25, 0.3) is 16.5 Å². The highest BCUT2D eigenvalue weighted by molar-refractivity contribution is 9.12. The summed E-state index contributed by atoms with van der Waals surface area (Å²) in [4.78, 5) is 25.9. The molecule has 0 unspecified atom stereocenters. The Labute approximate surface area is 176 Å². The maximum Gasteiger partial charge on any atom is 0.341 e. The molecule has 0 spiro atoms. The van der Waals surface area contributed by atoms with E-state index in [0.717, 1.165) is 16.0 Å². The first-order valence-corrected chi connectivity index (χ1v) is 10.3. The number of amides is 1. The van der Waals surface area contributed by atoms with Gasteiger partial charge in [-0.25, -0.2) is 4.79 Å². The minimum atomic E-state index is -0.459. The molecule has 0 aliphatic rings. The predicted molar refractivity (Wildman–Crippen MR) is 118 cm³/mol. The number of halogens is 1. The third-order valence-corrected chi connectivity index (χ3v) is 5.51. The van der Waals surface area contributed by atoms with Crippen molar-refractivity contribution in [1.82, 2.24) is 0 Å². The summed E-state index contributed by atoms with van der Waals surface area (Å²) in [5.41, 5.74) is 2.21. The van der Waals surface area contributed by atoms with Gasteiger partial charge in [0.05, 0.1) is 16.7 Å². The van der Waals surface area contributed by atoms with Crippen LogP contribution in [0.4, 0.5) is 5.00 Å². The third-order valence-electron chi connectivity index (χ3n) is 3.82. The van der Waals surface area contributed by atoms with Crippen LogP contribution in [0, 0.1) is 0 Å². The average molecular weight is 456 g/mol. The number of benzene rings is 2. The van der Waals surface area contributed by atoms with E-state index in [1.54, 1.807) is 19.1 Å². The molecule has 0 radical (unpaired) electrons. The van der Waals surface area contributed by atoms with Crippen molar-refractivity contribution < 1.29 is 14.3 Å². The second kappa shape index (κ2) is 9.48. The molecule has 4 nitrogen and oxygen atoms in total. The van der Waals surface area contributed by atoms with E-state index in [2.05, 4.69) is 21.2 Å². The quantitative estimate of drug-likeness (QED) is 0.368. The van der Waals surface area contributed by atoms with Gasteiger partial charge in [-0.15, -0.1) is 11.3 Å². The van der Waals surface area contributed by atoms with Gasteiger partial charge >= 0.3 is 5.97 Å². The lowest BCUT2D eigenvalue weighted by molar-refractivity contribution is -0.112. The highest BCUT2D eigenvalue weighted by Crippen LogP contribution is 2.36. The fraction of sp³-hybridized carbons (Fsp3) is 0.0909. The summed E-state index contributed by atoms with van der Waals surface area (Å²) < 4.78 is 5.51. The Kier molecular flexibility index (Phi) is 6.79. The highest BCUT2D eigenvalue weighted by Gasteiger charge is 2.20. The molecule has 3 aromatic rings. The zero-order valence-corrected chi connectivity index (χ0v) is 17.5. The van der Waals surface area contributed by atoms with Crippen LogP contribution in [0.2, 0.25) is 0 Å². The van der Waals surface area contributed by atoms with Gasteiger partial charge in [0, 0.05) is 4.88 Å². The molecule has 1 aromatic heterocycles. The largest absolute Gasteiger partial charge is 0.462 e. The van der Waals surface area contributed by atoms with E-state index >= 15 is 0 Å². The number of carbonyl (C=O) groups excluding carboxylic acids is 2. The maximum absolute atomic E-state index is 12.6. The molecule has 28 heavy (non-hydrogen) atoms. The third kappa shape index (κ3) is 4.97.